The number of benzene rings is 4. The van der Waals surface area contributed by atoms with Crippen LogP contribution in [0.2, 0.25) is 0 Å². The molecule has 1 heterocycles. The minimum atomic E-state index is -0.00870. The van der Waals surface area contributed by atoms with Crippen LogP contribution in [0.5, 0.6) is 0 Å². The summed E-state index contributed by atoms with van der Waals surface area (Å²) in [6.45, 7) is 16.7. The zero-order valence-electron chi connectivity index (χ0n) is 24.9. The standard InChI is InChI=1S/C10H9NO.C9H12.2C7H8.C3H8.CH4.FH.H2/c1-7-6-8-4-2-3-5-9(8)10(12)11-7;1-7-4-8(2)6-9(3)5-7;2*1-7-5-3-2-4-6-7;1-3-2;;;/h2-6H,1H3,(H,11,12);4-6H,1-3H3;2*2-6H,1H3;3H2,1-2H3;1H4;2*1H. The molecule has 0 amide bonds. The van der Waals surface area contributed by atoms with Gasteiger partial charge >= 0.3 is 0 Å². The van der Waals surface area contributed by atoms with Crippen LogP contribution in [0.4, 0.5) is 4.70 Å². The highest BCUT2D eigenvalue weighted by molar-refractivity contribution is 5.81. The van der Waals surface area contributed by atoms with Crippen LogP contribution in [0.1, 0.15) is 62.6 Å². The molecular weight excluding hydrogens is 493 g/mol. The topological polar surface area (TPSA) is 32.9 Å². The summed E-state index contributed by atoms with van der Waals surface area (Å²) >= 11 is 0. The van der Waals surface area contributed by atoms with E-state index < -0.39 is 0 Å². The fraction of sp³-hybridized carbons (Fsp3) is 0.270. The van der Waals surface area contributed by atoms with Gasteiger partial charge in [-0.05, 0) is 59.1 Å². The largest absolute Gasteiger partial charge is 0.326 e. The Balaban J connectivity index is -0.000000454. The van der Waals surface area contributed by atoms with E-state index in [0.29, 0.717) is 0 Å². The molecule has 5 rings (SSSR count). The fourth-order valence-corrected chi connectivity index (χ4v) is 3.62. The SMILES string of the molecule is C.CCC.Cc1cc(C)cc(C)c1.Cc1cc2ccccc2c(=O)[nH]1.Cc1ccccc1.Cc1ccccc1.F.[HH]. The average molecular weight is 546 g/mol. The number of aromatic nitrogens is 1. The third kappa shape index (κ3) is 16.8. The van der Waals surface area contributed by atoms with Crippen molar-refractivity contribution in [3.63, 3.8) is 0 Å². The first-order valence-electron chi connectivity index (χ1n) is 13.3. The Hall–Kier alpha value is -3.98. The van der Waals surface area contributed by atoms with Crippen LogP contribution in [0, 0.1) is 41.5 Å². The number of H-pyrrole nitrogens is 1. The van der Waals surface area contributed by atoms with E-state index >= 15 is 0 Å². The molecule has 0 aliphatic carbocycles. The van der Waals surface area contributed by atoms with Crippen LogP contribution in [0.3, 0.4) is 0 Å². The molecule has 5 aromatic rings. The van der Waals surface area contributed by atoms with Crippen LogP contribution in [-0.4, -0.2) is 4.98 Å². The number of rotatable bonds is 0. The normalized spacial score (nSPS) is 8.80. The molecule has 0 atom stereocenters. The molecule has 0 radical (unpaired) electrons. The molecule has 0 aliphatic rings. The van der Waals surface area contributed by atoms with E-state index in [-0.39, 0.29) is 19.1 Å². The third-order valence-corrected chi connectivity index (χ3v) is 5.14. The van der Waals surface area contributed by atoms with E-state index in [9.17, 15) is 4.79 Å². The lowest BCUT2D eigenvalue weighted by Crippen LogP contribution is -2.06. The first-order valence-corrected chi connectivity index (χ1v) is 13.3. The number of fused-ring (bicyclic) bond motifs is 1. The van der Waals surface area contributed by atoms with Crippen molar-refractivity contribution in [3.8, 4) is 0 Å². The Kier molecular flexibility index (Phi) is 20.9. The maximum Gasteiger partial charge on any atom is 0.256 e. The van der Waals surface area contributed by atoms with Crippen LogP contribution in [0.15, 0.2) is 114 Å². The zero-order chi connectivity index (χ0) is 28.3. The predicted octanol–water partition coefficient (Wildman–Crippen LogP) is 10.9. The lowest BCUT2D eigenvalue weighted by Gasteiger charge is -1.96. The molecule has 0 aliphatic heterocycles. The second kappa shape index (κ2) is 21.9. The van der Waals surface area contributed by atoms with Crippen molar-refractivity contribution in [1.29, 1.82) is 0 Å². The lowest BCUT2D eigenvalue weighted by molar-refractivity contribution is 1.09. The van der Waals surface area contributed by atoms with Gasteiger partial charge in [-0.15, -0.1) is 0 Å². The van der Waals surface area contributed by atoms with Gasteiger partial charge in [-0.3, -0.25) is 9.50 Å². The molecule has 0 bridgehead atoms. The quantitative estimate of drug-likeness (QED) is 0.206. The van der Waals surface area contributed by atoms with Crippen LogP contribution >= 0.6 is 0 Å². The Bertz CT molecular complexity index is 1290. The molecule has 0 saturated heterocycles. The lowest BCUT2D eigenvalue weighted by atomic mass is 10.1. The number of hydrogen-bond acceptors (Lipinski definition) is 1. The third-order valence-electron chi connectivity index (χ3n) is 5.14. The van der Waals surface area contributed by atoms with Crippen LogP contribution in [-0.2, 0) is 0 Å². The molecule has 0 saturated carbocycles. The molecule has 1 aromatic heterocycles. The van der Waals surface area contributed by atoms with Crippen molar-refractivity contribution in [2.45, 2.75) is 69.2 Å². The first-order chi connectivity index (χ1) is 18.2. The molecule has 0 unspecified atom stereocenters. The van der Waals surface area contributed by atoms with E-state index in [2.05, 4.69) is 95.9 Å². The maximum atomic E-state index is 11.3. The van der Waals surface area contributed by atoms with Crippen molar-refractivity contribution in [1.82, 2.24) is 4.98 Å². The second-order valence-corrected chi connectivity index (χ2v) is 9.55. The Morgan fingerprint density at radius 1 is 0.550 bits per heavy atom. The summed E-state index contributed by atoms with van der Waals surface area (Å²) in [6.07, 6.45) is 1.25. The van der Waals surface area contributed by atoms with Crippen molar-refractivity contribution in [3.05, 3.63) is 153 Å². The number of aryl methyl sites for hydroxylation is 6. The highest BCUT2D eigenvalue weighted by atomic mass is 19.0. The second-order valence-electron chi connectivity index (χ2n) is 9.55. The van der Waals surface area contributed by atoms with Gasteiger partial charge < -0.3 is 4.98 Å². The van der Waals surface area contributed by atoms with Gasteiger partial charge in [0.25, 0.3) is 5.56 Å². The Labute approximate surface area is 244 Å². The number of nitrogens with one attached hydrogen (secondary N) is 1. The van der Waals surface area contributed by atoms with E-state index in [0.717, 1.165) is 16.5 Å². The molecule has 2 nitrogen and oxygen atoms in total. The Morgan fingerprint density at radius 3 is 1.25 bits per heavy atom. The van der Waals surface area contributed by atoms with Crippen molar-refractivity contribution >= 4 is 10.8 Å². The van der Waals surface area contributed by atoms with Gasteiger partial charge in [-0.1, -0.05) is 153 Å². The van der Waals surface area contributed by atoms with Gasteiger partial charge in [-0.25, -0.2) is 0 Å². The maximum absolute atomic E-state index is 11.3. The van der Waals surface area contributed by atoms with Crippen LogP contribution in [0.25, 0.3) is 10.8 Å². The van der Waals surface area contributed by atoms with Gasteiger partial charge in [0, 0.05) is 12.5 Å². The van der Waals surface area contributed by atoms with E-state index in [1.807, 2.05) is 73.7 Å². The monoisotopic (exact) mass is 545 g/mol. The van der Waals surface area contributed by atoms with Crippen molar-refractivity contribution < 1.29 is 6.13 Å². The minimum Gasteiger partial charge on any atom is -0.326 e. The van der Waals surface area contributed by atoms with Crippen molar-refractivity contribution in [2.75, 3.05) is 0 Å². The summed E-state index contributed by atoms with van der Waals surface area (Å²) in [4.78, 5) is 14.1. The summed E-state index contributed by atoms with van der Waals surface area (Å²) in [6, 6.07) is 36.6. The highest BCUT2D eigenvalue weighted by Crippen LogP contribution is 2.08. The van der Waals surface area contributed by atoms with E-state index in [1.54, 1.807) is 0 Å². The number of halogens is 1. The zero-order valence-corrected chi connectivity index (χ0v) is 24.9. The number of pyridine rings is 1. The van der Waals surface area contributed by atoms with E-state index in [1.165, 1.54) is 34.2 Å². The van der Waals surface area contributed by atoms with Gasteiger partial charge in [-0.2, -0.15) is 0 Å². The molecule has 218 valence electrons. The first kappa shape index (κ1) is 38.2. The number of hydrogen-bond donors (Lipinski definition) is 1. The minimum absolute atomic E-state index is 0. The average Bonchev–Trinajstić information content (AvgIpc) is 2.86. The molecule has 3 heteroatoms. The van der Waals surface area contributed by atoms with Crippen LogP contribution < -0.4 is 5.56 Å². The summed E-state index contributed by atoms with van der Waals surface area (Å²) in [5.74, 6) is 0. The molecular formula is C37H52FNO. The van der Waals surface area contributed by atoms with Gasteiger partial charge in [0.15, 0.2) is 0 Å². The summed E-state index contributed by atoms with van der Waals surface area (Å²) in [5, 5.41) is 1.75. The summed E-state index contributed by atoms with van der Waals surface area (Å²) in [7, 11) is 0. The van der Waals surface area contributed by atoms with Gasteiger partial charge in [0.2, 0.25) is 0 Å². The summed E-state index contributed by atoms with van der Waals surface area (Å²) < 4.78 is 0. The Morgan fingerprint density at radius 2 is 0.900 bits per heavy atom. The van der Waals surface area contributed by atoms with Gasteiger partial charge in [0.05, 0.1) is 0 Å². The van der Waals surface area contributed by atoms with Crippen molar-refractivity contribution in [2.24, 2.45) is 0 Å². The molecule has 4 aromatic carbocycles. The molecule has 0 spiro atoms. The smallest absolute Gasteiger partial charge is 0.256 e. The molecule has 40 heavy (non-hydrogen) atoms. The fourth-order valence-electron chi connectivity index (χ4n) is 3.62. The molecule has 0 fully saturated rings. The number of aromatic amines is 1. The predicted molar refractivity (Wildman–Crippen MR) is 180 cm³/mol. The van der Waals surface area contributed by atoms with Gasteiger partial charge in [0.1, 0.15) is 0 Å². The molecule has 1 N–H and O–H groups in total. The summed E-state index contributed by atoms with van der Waals surface area (Å²) in [5.41, 5.74) is 7.60. The van der Waals surface area contributed by atoms with E-state index in [4.69, 9.17) is 0 Å². The highest BCUT2D eigenvalue weighted by Gasteiger charge is 1.96.